The number of hydrogen-bond donors (Lipinski definition) is 1. The Hall–Kier alpha value is 0.350. The molecular formula is C10H24Cl2N2O2S. The van der Waals surface area contributed by atoms with Crippen LogP contribution in [-0.2, 0) is 9.47 Å². The minimum absolute atomic E-state index is 0. The summed E-state index contributed by atoms with van der Waals surface area (Å²) in [4.78, 5) is 2.13. The highest BCUT2D eigenvalue weighted by Gasteiger charge is 1.98. The van der Waals surface area contributed by atoms with Gasteiger partial charge in [-0.2, -0.15) is 0 Å². The fourth-order valence-corrected chi connectivity index (χ4v) is 1.24. The topological polar surface area (TPSA) is 47.7 Å². The van der Waals surface area contributed by atoms with Crippen molar-refractivity contribution >= 4 is 42.1 Å². The molecule has 0 aromatic rings. The molecule has 0 radical (unpaired) electrons. The van der Waals surface area contributed by atoms with Crippen LogP contribution in [0.25, 0.3) is 0 Å². The van der Waals surface area contributed by atoms with Gasteiger partial charge < -0.3 is 20.1 Å². The molecule has 0 saturated carbocycles. The first-order valence-corrected chi connectivity index (χ1v) is 5.65. The third kappa shape index (κ3) is 18.9. The van der Waals surface area contributed by atoms with Gasteiger partial charge in [0.2, 0.25) is 0 Å². The monoisotopic (exact) mass is 306 g/mol. The molecule has 0 aliphatic heterocycles. The molecule has 106 valence electrons. The number of thiocarbonyl (C=S) groups is 1. The molecule has 4 nitrogen and oxygen atoms in total. The van der Waals surface area contributed by atoms with Crippen molar-refractivity contribution in [3.05, 3.63) is 0 Å². The fraction of sp³-hybridized carbons (Fsp3) is 0.900. The van der Waals surface area contributed by atoms with Crippen molar-refractivity contribution in [2.45, 2.75) is 12.8 Å². The first-order valence-electron chi connectivity index (χ1n) is 5.25. The normalized spacial score (nSPS) is 9.41. The van der Waals surface area contributed by atoms with Crippen LogP contribution in [0.3, 0.4) is 0 Å². The van der Waals surface area contributed by atoms with Gasteiger partial charge in [-0.05, 0) is 39.3 Å². The maximum Gasteiger partial charge on any atom is 0.159 e. The number of halogens is 2. The Morgan fingerprint density at radius 2 is 1.82 bits per heavy atom. The molecule has 2 N–H and O–H groups in total. The molecule has 0 fully saturated rings. The van der Waals surface area contributed by atoms with E-state index in [0.29, 0.717) is 31.4 Å². The van der Waals surface area contributed by atoms with Crippen molar-refractivity contribution in [2.24, 2.45) is 5.73 Å². The van der Waals surface area contributed by atoms with Gasteiger partial charge in [0.1, 0.15) is 6.61 Å². The summed E-state index contributed by atoms with van der Waals surface area (Å²) in [5.41, 5.74) is 5.27. The Morgan fingerprint density at radius 3 is 2.35 bits per heavy atom. The van der Waals surface area contributed by atoms with Crippen LogP contribution in [0, 0.1) is 0 Å². The van der Waals surface area contributed by atoms with Gasteiger partial charge in [-0.3, -0.25) is 0 Å². The van der Waals surface area contributed by atoms with E-state index in [1.807, 2.05) is 14.1 Å². The molecule has 0 aliphatic rings. The van der Waals surface area contributed by atoms with Crippen LogP contribution in [0.2, 0.25) is 0 Å². The largest absolute Gasteiger partial charge is 0.485 e. The molecule has 0 heterocycles. The minimum atomic E-state index is 0. The molecule has 0 atom stereocenters. The van der Waals surface area contributed by atoms with Crippen LogP contribution < -0.4 is 5.73 Å². The van der Waals surface area contributed by atoms with Gasteiger partial charge in [0.05, 0.1) is 13.2 Å². The summed E-state index contributed by atoms with van der Waals surface area (Å²) in [7, 11) is 4.09. The molecule has 0 amide bonds. The van der Waals surface area contributed by atoms with E-state index >= 15 is 0 Å². The lowest BCUT2D eigenvalue weighted by molar-refractivity contribution is 0.102. The van der Waals surface area contributed by atoms with Gasteiger partial charge in [-0.25, -0.2) is 0 Å². The third-order valence-corrected chi connectivity index (χ3v) is 2.06. The summed E-state index contributed by atoms with van der Waals surface area (Å²) in [5.74, 6) is 0. The van der Waals surface area contributed by atoms with Crippen molar-refractivity contribution in [2.75, 3.05) is 47.0 Å². The van der Waals surface area contributed by atoms with E-state index in [9.17, 15) is 0 Å². The molecule has 7 heteroatoms. The fourth-order valence-electron chi connectivity index (χ4n) is 1.01. The lowest BCUT2D eigenvalue weighted by Gasteiger charge is -2.10. The smallest absolute Gasteiger partial charge is 0.159 e. The highest BCUT2D eigenvalue weighted by molar-refractivity contribution is 7.80. The summed E-state index contributed by atoms with van der Waals surface area (Å²) in [5, 5.41) is 0.674. The van der Waals surface area contributed by atoms with Crippen molar-refractivity contribution in [3.8, 4) is 0 Å². The molecule has 17 heavy (non-hydrogen) atoms. The van der Waals surface area contributed by atoms with Crippen LogP contribution in [-0.4, -0.2) is 57.0 Å². The number of ether oxygens (including phenoxy) is 2. The van der Waals surface area contributed by atoms with Gasteiger partial charge in [0.25, 0.3) is 0 Å². The Kier molecular flexibility index (Phi) is 21.7. The molecule has 0 spiro atoms. The second kappa shape index (κ2) is 16.4. The maximum absolute atomic E-state index is 5.32. The average Bonchev–Trinajstić information content (AvgIpc) is 2.17. The Labute approximate surface area is 122 Å². The average molecular weight is 307 g/mol. The SMILES string of the molecule is CN(C)CCCC(=S)OCCOCCN.Cl.Cl. The van der Waals surface area contributed by atoms with Crippen LogP contribution >= 0.6 is 37.0 Å². The molecule has 0 aromatic heterocycles. The summed E-state index contributed by atoms with van der Waals surface area (Å²) in [6, 6.07) is 0. The lowest BCUT2D eigenvalue weighted by Crippen LogP contribution is -2.16. The number of nitrogens with two attached hydrogens (primary N) is 1. The summed E-state index contributed by atoms with van der Waals surface area (Å²) in [6.07, 6.45) is 1.87. The van der Waals surface area contributed by atoms with E-state index in [1.165, 1.54) is 0 Å². The molecule has 0 saturated heterocycles. The van der Waals surface area contributed by atoms with Crippen molar-refractivity contribution in [3.63, 3.8) is 0 Å². The highest BCUT2D eigenvalue weighted by Crippen LogP contribution is 1.96. The van der Waals surface area contributed by atoms with E-state index in [-0.39, 0.29) is 24.8 Å². The molecule has 0 rings (SSSR count). The predicted octanol–water partition coefficient (Wildman–Crippen LogP) is 1.49. The Morgan fingerprint density at radius 1 is 1.18 bits per heavy atom. The number of nitrogens with zero attached hydrogens (tertiary/aromatic N) is 1. The van der Waals surface area contributed by atoms with Crippen LogP contribution in [0.1, 0.15) is 12.8 Å². The number of hydrogen-bond acceptors (Lipinski definition) is 5. The predicted molar refractivity (Wildman–Crippen MR) is 80.7 cm³/mol. The van der Waals surface area contributed by atoms with Gasteiger partial charge in [-0.1, -0.05) is 0 Å². The van der Waals surface area contributed by atoms with Crippen molar-refractivity contribution < 1.29 is 9.47 Å². The highest BCUT2D eigenvalue weighted by atomic mass is 35.5. The summed E-state index contributed by atoms with van der Waals surface area (Å²) >= 11 is 5.06. The summed E-state index contributed by atoms with van der Waals surface area (Å²) < 4.78 is 10.5. The molecule has 0 unspecified atom stereocenters. The Bertz CT molecular complexity index is 174. The standard InChI is InChI=1S/C10H22N2O2S.2ClH/c1-12(2)6-3-4-10(15)14-9-8-13-7-5-11;;/h3-9,11H2,1-2H3;2*1H. The first-order chi connectivity index (χ1) is 7.16. The van der Waals surface area contributed by atoms with E-state index in [1.54, 1.807) is 0 Å². The van der Waals surface area contributed by atoms with Crippen LogP contribution in [0.4, 0.5) is 0 Å². The minimum Gasteiger partial charge on any atom is -0.485 e. The zero-order chi connectivity index (χ0) is 11.5. The van der Waals surface area contributed by atoms with Gasteiger partial charge in [0, 0.05) is 13.0 Å². The van der Waals surface area contributed by atoms with E-state index in [0.717, 1.165) is 19.4 Å². The van der Waals surface area contributed by atoms with E-state index < -0.39 is 0 Å². The van der Waals surface area contributed by atoms with E-state index in [4.69, 9.17) is 27.4 Å². The van der Waals surface area contributed by atoms with Gasteiger partial charge in [0.15, 0.2) is 5.05 Å². The second-order valence-electron chi connectivity index (χ2n) is 3.53. The van der Waals surface area contributed by atoms with Crippen LogP contribution in [0.5, 0.6) is 0 Å². The third-order valence-electron chi connectivity index (χ3n) is 1.74. The molecular weight excluding hydrogens is 283 g/mol. The lowest BCUT2D eigenvalue weighted by atomic mass is 10.3. The maximum atomic E-state index is 5.32. The van der Waals surface area contributed by atoms with Crippen molar-refractivity contribution in [1.82, 2.24) is 4.90 Å². The van der Waals surface area contributed by atoms with Gasteiger partial charge >= 0.3 is 0 Å². The number of rotatable bonds is 9. The summed E-state index contributed by atoms with van der Waals surface area (Å²) in [6.45, 7) is 3.25. The van der Waals surface area contributed by atoms with Crippen molar-refractivity contribution in [1.29, 1.82) is 0 Å². The molecule has 0 aliphatic carbocycles. The quantitative estimate of drug-likeness (QED) is 0.517. The zero-order valence-corrected chi connectivity index (χ0v) is 13.0. The first kappa shape index (κ1) is 22.5. The second-order valence-corrected chi connectivity index (χ2v) is 3.98. The van der Waals surface area contributed by atoms with Gasteiger partial charge in [-0.15, -0.1) is 24.8 Å². The van der Waals surface area contributed by atoms with Crippen LogP contribution in [0.15, 0.2) is 0 Å². The molecule has 0 bridgehead atoms. The zero-order valence-electron chi connectivity index (χ0n) is 10.5. The van der Waals surface area contributed by atoms with E-state index in [2.05, 4.69) is 4.90 Å². The Balaban J connectivity index is -0.000000980. The molecule has 0 aromatic carbocycles.